The normalized spacial score (nSPS) is 10.8. The summed E-state index contributed by atoms with van der Waals surface area (Å²) >= 11 is 0. The Morgan fingerprint density at radius 3 is 2.82 bits per heavy atom. The van der Waals surface area contributed by atoms with Crippen LogP contribution in [0.15, 0.2) is 59.8 Å². The summed E-state index contributed by atoms with van der Waals surface area (Å²) in [7, 11) is 0. The van der Waals surface area contributed by atoms with Gasteiger partial charge in [0.1, 0.15) is 23.7 Å². The number of para-hydroxylation sites is 1. The average Bonchev–Trinajstić information content (AvgIpc) is 2.82. The molecule has 8 nitrogen and oxygen atoms in total. The molecule has 3 heterocycles. The number of aromatic nitrogens is 3. The number of pyridine rings is 3. The largest absolute Gasteiger partial charge is 0.486 e. The van der Waals surface area contributed by atoms with Crippen molar-refractivity contribution in [1.29, 1.82) is 0 Å². The Labute approximate surface area is 188 Å². The summed E-state index contributed by atoms with van der Waals surface area (Å²) in [5, 5.41) is 3.24. The third kappa shape index (κ3) is 4.67. The van der Waals surface area contributed by atoms with Crippen molar-refractivity contribution in [2.75, 3.05) is 12.3 Å². The van der Waals surface area contributed by atoms with Crippen molar-refractivity contribution in [1.82, 2.24) is 20.3 Å². The minimum absolute atomic E-state index is 0.102. The molecule has 0 saturated heterocycles. The Morgan fingerprint density at radius 1 is 1.21 bits per heavy atom. The maximum Gasteiger partial charge on any atom is 0.263 e. The lowest BCUT2D eigenvalue weighted by Gasteiger charge is -2.13. The topological polar surface area (TPSA) is 123 Å². The fourth-order valence-corrected chi connectivity index (χ4v) is 3.43. The Balaban J connectivity index is 1.68. The van der Waals surface area contributed by atoms with Crippen LogP contribution in [0.5, 0.6) is 5.75 Å². The zero-order valence-electron chi connectivity index (χ0n) is 17.9. The maximum absolute atomic E-state index is 13.0. The second-order valence-corrected chi connectivity index (χ2v) is 7.39. The highest BCUT2D eigenvalue weighted by atomic mass is 19.1. The summed E-state index contributed by atoms with van der Waals surface area (Å²) in [5.41, 5.74) is 8.11. The number of H-pyrrole nitrogens is 1. The molecule has 0 fully saturated rings. The zero-order chi connectivity index (χ0) is 23.4. The molecule has 0 atom stereocenters. The second kappa shape index (κ2) is 9.47. The molecule has 0 radical (unpaired) electrons. The smallest absolute Gasteiger partial charge is 0.263 e. The molecule has 9 heteroatoms. The Bertz CT molecular complexity index is 1370. The first-order chi connectivity index (χ1) is 16.0. The van der Waals surface area contributed by atoms with Gasteiger partial charge in [0.25, 0.3) is 11.5 Å². The lowest BCUT2D eigenvalue weighted by molar-refractivity contribution is 0.0953. The summed E-state index contributed by atoms with van der Waals surface area (Å²) in [4.78, 5) is 36.1. The van der Waals surface area contributed by atoms with E-state index in [9.17, 15) is 14.0 Å². The number of aromatic amines is 1. The van der Waals surface area contributed by atoms with Gasteiger partial charge < -0.3 is 20.8 Å². The quantitative estimate of drug-likeness (QED) is 0.399. The molecule has 4 aromatic rings. The van der Waals surface area contributed by atoms with E-state index in [1.165, 1.54) is 6.07 Å². The number of nitrogens with zero attached hydrogens (tertiary/aromatic N) is 2. The van der Waals surface area contributed by atoms with E-state index in [2.05, 4.69) is 20.3 Å². The monoisotopic (exact) mass is 447 g/mol. The van der Waals surface area contributed by atoms with Gasteiger partial charge >= 0.3 is 0 Å². The summed E-state index contributed by atoms with van der Waals surface area (Å²) in [6.07, 6.45) is 5.05. The van der Waals surface area contributed by atoms with E-state index in [-0.39, 0.29) is 17.9 Å². The molecule has 0 aliphatic heterocycles. The van der Waals surface area contributed by atoms with E-state index < -0.39 is 17.3 Å². The molecule has 3 aromatic heterocycles. The first-order valence-corrected chi connectivity index (χ1v) is 10.4. The molecule has 1 amide bonds. The number of hydrogen-bond donors (Lipinski definition) is 3. The number of benzene rings is 1. The van der Waals surface area contributed by atoms with E-state index in [0.29, 0.717) is 40.0 Å². The van der Waals surface area contributed by atoms with Crippen LogP contribution >= 0.6 is 0 Å². The predicted octanol–water partition coefficient (Wildman–Crippen LogP) is 3.43. The number of amides is 1. The molecule has 4 rings (SSSR count). The second-order valence-electron chi connectivity index (χ2n) is 7.39. The summed E-state index contributed by atoms with van der Waals surface area (Å²) in [6.45, 7) is 2.51. The number of ether oxygens (including phenoxy) is 1. The van der Waals surface area contributed by atoms with Gasteiger partial charge in [0, 0.05) is 29.3 Å². The van der Waals surface area contributed by atoms with E-state index in [4.69, 9.17) is 10.5 Å². The number of nitrogens with two attached hydrogens (primary N) is 1. The molecule has 0 bridgehead atoms. The van der Waals surface area contributed by atoms with Gasteiger partial charge in [-0.05, 0) is 24.6 Å². The molecule has 0 aliphatic carbocycles. The highest BCUT2D eigenvalue weighted by Gasteiger charge is 2.19. The van der Waals surface area contributed by atoms with E-state index in [0.717, 1.165) is 12.6 Å². The van der Waals surface area contributed by atoms with Gasteiger partial charge in [-0.2, -0.15) is 0 Å². The van der Waals surface area contributed by atoms with Gasteiger partial charge in [-0.15, -0.1) is 0 Å². The fraction of sp³-hybridized carbons (Fsp3) is 0.167. The average molecular weight is 447 g/mol. The molecule has 0 unspecified atom stereocenters. The molecular formula is C24H22FN5O3. The van der Waals surface area contributed by atoms with E-state index in [1.807, 2.05) is 13.0 Å². The van der Waals surface area contributed by atoms with Crippen LogP contribution in [0, 0.1) is 5.82 Å². The van der Waals surface area contributed by atoms with Crippen LogP contribution in [0.4, 0.5) is 10.1 Å². The van der Waals surface area contributed by atoms with Gasteiger partial charge in [-0.1, -0.05) is 25.1 Å². The van der Waals surface area contributed by atoms with Crippen molar-refractivity contribution in [2.24, 2.45) is 0 Å². The van der Waals surface area contributed by atoms with Crippen molar-refractivity contribution in [3.05, 3.63) is 82.4 Å². The van der Waals surface area contributed by atoms with Crippen LogP contribution < -0.4 is 21.3 Å². The Morgan fingerprint density at radius 2 is 2.06 bits per heavy atom. The summed E-state index contributed by atoms with van der Waals surface area (Å²) in [5.74, 6) is -0.450. The molecule has 0 aliphatic rings. The lowest BCUT2D eigenvalue weighted by Crippen LogP contribution is -2.31. The van der Waals surface area contributed by atoms with Gasteiger partial charge in [0.15, 0.2) is 0 Å². The minimum atomic E-state index is -0.566. The minimum Gasteiger partial charge on any atom is -0.486 e. The van der Waals surface area contributed by atoms with Crippen molar-refractivity contribution in [3.8, 4) is 16.9 Å². The first-order valence-electron chi connectivity index (χ1n) is 10.4. The first kappa shape index (κ1) is 21.9. The molecule has 0 spiro atoms. The molecule has 1 aromatic carbocycles. The molecule has 0 saturated carbocycles. The number of anilines is 1. The van der Waals surface area contributed by atoms with Gasteiger partial charge in [0.2, 0.25) is 0 Å². The van der Waals surface area contributed by atoms with Crippen molar-refractivity contribution in [3.63, 3.8) is 0 Å². The zero-order valence-corrected chi connectivity index (χ0v) is 17.9. The van der Waals surface area contributed by atoms with Crippen LogP contribution in [0.2, 0.25) is 0 Å². The number of nitrogen functional groups attached to an aromatic ring is 1. The van der Waals surface area contributed by atoms with Crippen LogP contribution in [-0.2, 0) is 6.61 Å². The molecular weight excluding hydrogens is 425 g/mol. The fourth-order valence-electron chi connectivity index (χ4n) is 3.43. The van der Waals surface area contributed by atoms with Crippen LogP contribution in [-0.4, -0.2) is 27.4 Å². The summed E-state index contributed by atoms with van der Waals surface area (Å²) < 4.78 is 18.8. The SMILES string of the molecule is CCCNC(=O)c1c(N)c2cccc(-c3cncc(OCc4ccc(F)cn4)c3)c2[nH]c1=O. The molecule has 4 N–H and O–H groups in total. The van der Waals surface area contributed by atoms with Crippen LogP contribution in [0.1, 0.15) is 29.4 Å². The van der Waals surface area contributed by atoms with Gasteiger partial charge in [0.05, 0.1) is 29.3 Å². The highest BCUT2D eigenvalue weighted by Crippen LogP contribution is 2.31. The number of nitrogens with one attached hydrogen (secondary N) is 2. The standard InChI is InChI=1S/C24H22FN5O3/c1-2-8-28-23(31)20-21(26)19-5-3-4-18(22(19)30-24(20)32)14-9-17(12-27-10-14)33-13-16-7-6-15(25)11-29-16/h3-7,9-12H,2,8,13H2,1H3,(H,28,31)(H3,26,30,32). The Hall–Kier alpha value is -4.27. The van der Waals surface area contributed by atoms with E-state index in [1.54, 1.807) is 36.7 Å². The molecule has 33 heavy (non-hydrogen) atoms. The van der Waals surface area contributed by atoms with Crippen molar-refractivity contribution in [2.45, 2.75) is 20.0 Å². The number of hydrogen-bond acceptors (Lipinski definition) is 6. The van der Waals surface area contributed by atoms with Crippen LogP contribution in [0.3, 0.4) is 0 Å². The number of carbonyl (C=O) groups is 1. The number of fused-ring (bicyclic) bond motifs is 1. The van der Waals surface area contributed by atoms with Crippen LogP contribution in [0.25, 0.3) is 22.0 Å². The van der Waals surface area contributed by atoms with Crippen molar-refractivity contribution < 1.29 is 13.9 Å². The number of carbonyl (C=O) groups excluding carboxylic acids is 1. The molecule has 168 valence electrons. The maximum atomic E-state index is 13.0. The predicted molar refractivity (Wildman–Crippen MR) is 123 cm³/mol. The number of rotatable bonds is 7. The lowest BCUT2D eigenvalue weighted by atomic mass is 10.0. The van der Waals surface area contributed by atoms with Crippen molar-refractivity contribution >= 4 is 22.5 Å². The van der Waals surface area contributed by atoms with Gasteiger partial charge in [-0.3, -0.25) is 19.6 Å². The summed E-state index contributed by atoms with van der Waals surface area (Å²) in [6, 6.07) is 9.97. The van der Waals surface area contributed by atoms with Gasteiger partial charge in [-0.25, -0.2) is 4.39 Å². The van der Waals surface area contributed by atoms with E-state index >= 15 is 0 Å². The Kier molecular flexibility index (Phi) is 6.30. The number of halogens is 1. The highest BCUT2D eigenvalue weighted by molar-refractivity contribution is 6.08. The third-order valence-corrected chi connectivity index (χ3v) is 5.05. The third-order valence-electron chi connectivity index (χ3n) is 5.05.